The molecule has 3 rings (SSSR count). The number of aliphatic hydroxyl groups excluding tert-OH is 8. The average Bonchev–Trinajstić information content (AvgIpc) is 3.40. The highest BCUT2D eigenvalue weighted by atomic mass is 16.8. The first kappa shape index (κ1) is 73.6. The molecule has 0 spiro atoms. The van der Waals surface area contributed by atoms with E-state index >= 15 is 0 Å². The number of hydrogen-bond acceptors (Lipinski definition) is 20. The molecule has 0 saturated carbocycles. The summed E-state index contributed by atoms with van der Waals surface area (Å²) in [6.07, 6.45) is 0.141. The van der Waals surface area contributed by atoms with Crippen molar-refractivity contribution in [3.05, 3.63) is 0 Å². The van der Waals surface area contributed by atoms with E-state index in [1.54, 1.807) is 13.8 Å². The molecular formula is C59H108O21. The molecule has 0 aromatic rings. The highest BCUT2D eigenvalue weighted by Gasteiger charge is 2.50. The van der Waals surface area contributed by atoms with Gasteiger partial charge in [-0.05, 0) is 66.2 Å². The molecular weight excluding hydrogens is 1040 g/mol. The van der Waals surface area contributed by atoms with Crippen molar-refractivity contribution in [2.75, 3.05) is 0 Å². The van der Waals surface area contributed by atoms with E-state index < -0.39 is 134 Å². The van der Waals surface area contributed by atoms with Crippen molar-refractivity contribution in [1.82, 2.24) is 0 Å². The second-order valence-electron chi connectivity index (χ2n) is 22.6. The molecule has 10 unspecified atom stereocenters. The Kier molecular flexibility index (Phi) is 38.2. The Bertz CT molecular complexity index is 1660. The zero-order valence-electron chi connectivity index (χ0n) is 49.7. The van der Waals surface area contributed by atoms with Crippen molar-refractivity contribution >= 4 is 23.7 Å². The van der Waals surface area contributed by atoms with Crippen LogP contribution < -0.4 is 0 Å². The second kappa shape index (κ2) is 41.5. The van der Waals surface area contributed by atoms with Gasteiger partial charge in [-0.25, -0.2) is 0 Å². The van der Waals surface area contributed by atoms with E-state index in [-0.39, 0.29) is 31.5 Å². The minimum absolute atomic E-state index is 0.0544. The van der Waals surface area contributed by atoms with Gasteiger partial charge in [0.15, 0.2) is 18.9 Å². The monoisotopic (exact) mass is 1150 g/mol. The van der Waals surface area contributed by atoms with E-state index in [9.17, 15) is 65.1 Å². The normalized spacial score (nSPS) is 30.3. The number of carboxylic acids is 1. The number of unbranched alkanes of at least 4 members (excludes halogenated alkanes) is 16. The molecule has 3 fully saturated rings. The lowest BCUT2D eigenvalue weighted by Crippen LogP contribution is -2.63. The van der Waals surface area contributed by atoms with Crippen molar-refractivity contribution in [2.45, 2.75) is 352 Å². The molecule has 470 valence electrons. The molecule has 19 atom stereocenters. The molecule has 21 nitrogen and oxygen atoms in total. The maximum atomic E-state index is 13.2. The van der Waals surface area contributed by atoms with E-state index in [4.69, 9.17) is 37.9 Å². The quantitative estimate of drug-likeness (QED) is 0.0226. The molecule has 0 amide bonds. The van der Waals surface area contributed by atoms with Gasteiger partial charge in [0, 0.05) is 6.42 Å². The van der Waals surface area contributed by atoms with E-state index in [0.717, 1.165) is 128 Å². The van der Waals surface area contributed by atoms with Crippen LogP contribution in [-0.2, 0) is 57.1 Å². The maximum Gasteiger partial charge on any atom is 0.308 e. The maximum absolute atomic E-state index is 13.2. The van der Waals surface area contributed by atoms with Crippen molar-refractivity contribution in [2.24, 2.45) is 0 Å². The fourth-order valence-corrected chi connectivity index (χ4v) is 10.1. The minimum Gasteiger partial charge on any atom is -0.481 e. The molecule has 3 saturated heterocycles. The summed E-state index contributed by atoms with van der Waals surface area (Å²) < 4.78 is 46.4. The van der Waals surface area contributed by atoms with Gasteiger partial charge in [0.25, 0.3) is 0 Å². The topological polar surface area (TPSA) is 324 Å². The highest BCUT2D eigenvalue weighted by molar-refractivity contribution is 5.77. The number of aliphatic carboxylic acids is 1. The molecule has 9 N–H and O–H groups in total. The number of carbonyl (C=O) groups is 4. The van der Waals surface area contributed by atoms with Crippen molar-refractivity contribution in [3.63, 3.8) is 0 Å². The fourth-order valence-electron chi connectivity index (χ4n) is 10.1. The van der Waals surface area contributed by atoms with E-state index in [1.807, 2.05) is 0 Å². The molecule has 0 aromatic heterocycles. The lowest BCUT2D eigenvalue weighted by Gasteiger charge is -2.46. The van der Waals surface area contributed by atoms with Gasteiger partial charge in [-0.2, -0.15) is 0 Å². The Morgan fingerprint density at radius 3 is 1.10 bits per heavy atom. The Hall–Kier alpha value is -2.48. The van der Waals surface area contributed by atoms with Gasteiger partial charge in [0.1, 0.15) is 72.9 Å². The Morgan fingerprint density at radius 1 is 0.388 bits per heavy atom. The second-order valence-corrected chi connectivity index (χ2v) is 22.6. The van der Waals surface area contributed by atoms with Crippen LogP contribution in [0.1, 0.15) is 235 Å². The lowest BCUT2D eigenvalue weighted by molar-refractivity contribution is -0.366. The van der Waals surface area contributed by atoms with Crippen LogP contribution in [0.4, 0.5) is 0 Å². The smallest absolute Gasteiger partial charge is 0.308 e. The van der Waals surface area contributed by atoms with Crippen LogP contribution in [0, 0.1) is 0 Å². The number of carbonyl (C=O) groups excluding carboxylic acids is 3. The van der Waals surface area contributed by atoms with Crippen LogP contribution >= 0.6 is 0 Å². The van der Waals surface area contributed by atoms with Crippen molar-refractivity contribution < 1.29 is 103 Å². The third-order valence-electron chi connectivity index (χ3n) is 15.2. The standard InChI is InChI=1S/C33H60O12.C26H48O9/c1-6-8-10-12-14-16-23(18-20(3)34)43-25(35)19-24(17-15-13-11-9-7-2)44-33-31(29(39)27(37)22(5)42-33)45-32-30(40)28(38)26(36)21(4)41-32;1-4-6-8-10-12-14-19(16-21(27)28)34-22(29)17-20(15-13-11-9-7-5-2)35-26-25(32)24(31)23(30)18(3)33-26/h21-24,26-33,36-40H,6-19H2,1-5H3;18-20,23-26,30-32H,4-17H2,1-3H3,(H,27,28)/t21?,22?,23?,24?,26-,27-,28-,29-,30?,31?,32-,33-;18?,19?,20?,23-,24-,25?,26-/m00/s1. The first-order valence-electron chi connectivity index (χ1n) is 30.6. The fraction of sp³-hybridized carbons (Fsp3) is 0.932. The first-order chi connectivity index (χ1) is 38.1. The molecule has 3 heterocycles. The molecule has 80 heavy (non-hydrogen) atoms. The number of hydrogen-bond donors (Lipinski definition) is 9. The number of Topliss-reactive ketones (excluding diaryl/α,β-unsaturated/α-hetero) is 1. The van der Waals surface area contributed by atoms with Crippen LogP contribution in [0.2, 0.25) is 0 Å². The summed E-state index contributed by atoms with van der Waals surface area (Å²) in [6.45, 7) is 14.6. The average molecular weight is 1150 g/mol. The number of carboxylic acid groups (broad SMARTS) is 1. The number of rotatable bonds is 40. The van der Waals surface area contributed by atoms with Gasteiger partial charge < -0.3 is 83.9 Å². The third-order valence-corrected chi connectivity index (χ3v) is 15.2. The molecule has 21 heteroatoms. The molecule has 3 aliphatic rings. The first-order valence-corrected chi connectivity index (χ1v) is 30.6. The van der Waals surface area contributed by atoms with Gasteiger partial charge >= 0.3 is 17.9 Å². The number of aliphatic hydroxyl groups is 8. The van der Waals surface area contributed by atoms with Crippen molar-refractivity contribution in [3.8, 4) is 0 Å². The Morgan fingerprint density at radius 2 is 0.713 bits per heavy atom. The molecule has 0 aromatic carbocycles. The summed E-state index contributed by atoms with van der Waals surface area (Å²) in [5, 5.41) is 91.9. The van der Waals surface area contributed by atoms with Crippen molar-refractivity contribution in [1.29, 1.82) is 0 Å². The molecule has 3 aliphatic heterocycles. The third kappa shape index (κ3) is 28.4. The van der Waals surface area contributed by atoms with Crippen LogP contribution in [-0.4, -0.2) is 186 Å². The van der Waals surface area contributed by atoms with Gasteiger partial charge in [0.2, 0.25) is 0 Å². The number of ether oxygens (including phenoxy) is 8. The zero-order valence-corrected chi connectivity index (χ0v) is 49.7. The minimum atomic E-state index is -1.65. The highest BCUT2D eigenvalue weighted by Crippen LogP contribution is 2.32. The van der Waals surface area contributed by atoms with Crippen LogP contribution in [0.3, 0.4) is 0 Å². The predicted molar refractivity (Wildman–Crippen MR) is 296 cm³/mol. The Balaban J connectivity index is 0.000000565. The SMILES string of the molecule is CCCCCCCC(CC(=O)O)OC(=O)CC(CCCCCCC)O[C@@H]1OC(C)[C@H](O)[C@H](O)C1O.CCCCCCCC(CC(C)=O)OC(=O)CC(CCCCCCC)O[C@@H]1OC(C)[C@H](O)[C@H](O)C1O[C@@H]1OC(C)[C@H](O)[C@H](O)C1O. The number of ketones is 1. The molecule has 0 bridgehead atoms. The largest absolute Gasteiger partial charge is 0.481 e. The lowest BCUT2D eigenvalue weighted by atomic mass is 9.97. The van der Waals surface area contributed by atoms with Gasteiger partial charge in [-0.15, -0.1) is 0 Å². The van der Waals surface area contributed by atoms with E-state index in [2.05, 4.69) is 27.7 Å². The number of esters is 2. The summed E-state index contributed by atoms with van der Waals surface area (Å²) in [5.74, 6) is -2.13. The van der Waals surface area contributed by atoms with Crippen LogP contribution in [0.5, 0.6) is 0 Å². The zero-order chi connectivity index (χ0) is 59.7. The van der Waals surface area contributed by atoms with E-state index in [0.29, 0.717) is 25.7 Å². The molecule has 0 aliphatic carbocycles. The summed E-state index contributed by atoms with van der Waals surface area (Å²) in [4.78, 5) is 49.1. The summed E-state index contributed by atoms with van der Waals surface area (Å²) in [7, 11) is 0. The summed E-state index contributed by atoms with van der Waals surface area (Å²) in [5.41, 5.74) is 0. The van der Waals surface area contributed by atoms with Gasteiger partial charge in [-0.3, -0.25) is 19.2 Å². The van der Waals surface area contributed by atoms with Crippen LogP contribution in [0.25, 0.3) is 0 Å². The van der Waals surface area contributed by atoms with Gasteiger partial charge in [0.05, 0.1) is 49.8 Å². The molecule has 0 radical (unpaired) electrons. The Labute approximate surface area is 477 Å². The van der Waals surface area contributed by atoms with Crippen LogP contribution in [0.15, 0.2) is 0 Å². The summed E-state index contributed by atoms with van der Waals surface area (Å²) >= 11 is 0. The predicted octanol–water partition coefficient (Wildman–Crippen LogP) is 6.75. The summed E-state index contributed by atoms with van der Waals surface area (Å²) in [6, 6.07) is 0. The van der Waals surface area contributed by atoms with E-state index in [1.165, 1.54) is 13.8 Å². The van der Waals surface area contributed by atoms with Gasteiger partial charge in [-0.1, -0.05) is 143 Å².